The van der Waals surface area contributed by atoms with Crippen LogP contribution in [0.4, 0.5) is 0 Å². The lowest BCUT2D eigenvalue weighted by Gasteiger charge is -2.37. The summed E-state index contributed by atoms with van der Waals surface area (Å²) < 4.78 is 5.50. The van der Waals surface area contributed by atoms with Gasteiger partial charge < -0.3 is 15.4 Å². The summed E-state index contributed by atoms with van der Waals surface area (Å²) in [6.45, 7) is 9.37. The second-order valence-corrected chi connectivity index (χ2v) is 8.85. The Kier molecular flexibility index (Phi) is 7.53. The second-order valence-electron chi connectivity index (χ2n) is 8.85. The summed E-state index contributed by atoms with van der Waals surface area (Å²) in [7, 11) is 0. The lowest BCUT2D eigenvalue weighted by atomic mass is 9.76. The highest BCUT2D eigenvalue weighted by molar-refractivity contribution is 5.86. The molecule has 1 aromatic carbocycles. The minimum atomic E-state index is -0.426. The molecule has 0 radical (unpaired) electrons. The van der Waals surface area contributed by atoms with Crippen LogP contribution < -0.4 is 10.6 Å². The molecule has 2 N–H and O–H groups in total. The molecule has 1 aliphatic carbocycles. The van der Waals surface area contributed by atoms with Crippen molar-refractivity contribution in [1.82, 2.24) is 10.6 Å². The van der Waals surface area contributed by atoms with Gasteiger partial charge in [-0.2, -0.15) is 0 Å². The van der Waals surface area contributed by atoms with Crippen molar-refractivity contribution in [3.05, 3.63) is 34.9 Å². The Bertz CT molecular complexity index is 644. The van der Waals surface area contributed by atoms with Crippen molar-refractivity contribution in [2.45, 2.75) is 77.2 Å². The summed E-state index contributed by atoms with van der Waals surface area (Å²) in [4.78, 5) is 12.6. The van der Waals surface area contributed by atoms with Crippen LogP contribution in [0.3, 0.4) is 0 Å². The molecule has 2 fully saturated rings. The number of carbonyl (C=O) groups is 1. The lowest BCUT2D eigenvalue weighted by Crippen LogP contribution is -2.60. The van der Waals surface area contributed by atoms with Gasteiger partial charge in [-0.15, -0.1) is 0 Å². The van der Waals surface area contributed by atoms with Gasteiger partial charge in [-0.3, -0.25) is 4.79 Å². The lowest BCUT2D eigenvalue weighted by molar-refractivity contribution is -0.131. The fourth-order valence-corrected chi connectivity index (χ4v) is 5.10. The molecule has 0 atom stereocenters. The number of aryl methyl sites for hydroxylation is 2. The number of hydrogen-bond donors (Lipinski definition) is 2. The SMILES string of the molecule is CCNC(=O)C1(NCC[C@H]2CC[C@@H](c3ccc(C)cc3C)CC2)CCOCC1. The van der Waals surface area contributed by atoms with Gasteiger partial charge in [0.1, 0.15) is 5.54 Å². The summed E-state index contributed by atoms with van der Waals surface area (Å²) in [5.41, 5.74) is 3.94. The number of hydrogen-bond acceptors (Lipinski definition) is 3. The molecule has 2 aliphatic rings. The minimum Gasteiger partial charge on any atom is -0.381 e. The van der Waals surface area contributed by atoms with Crippen molar-refractivity contribution in [1.29, 1.82) is 0 Å². The first-order valence-electron chi connectivity index (χ1n) is 11.2. The minimum absolute atomic E-state index is 0.150. The molecule has 0 bridgehead atoms. The molecule has 156 valence electrons. The van der Waals surface area contributed by atoms with Gasteiger partial charge in [0.15, 0.2) is 0 Å². The predicted molar refractivity (Wildman–Crippen MR) is 115 cm³/mol. The van der Waals surface area contributed by atoms with E-state index in [1.807, 2.05) is 6.92 Å². The Morgan fingerprint density at radius 3 is 2.50 bits per heavy atom. The summed E-state index contributed by atoms with van der Waals surface area (Å²) in [6, 6.07) is 6.92. The van der Waals surface area contributed by atoms with Crippen molar-refractivity contribution in [3.63, 3.8) is 0 Å². The van der Waals surface area contributed by atoms with Gasteiger partial charge in [0, 0.05) is 19.8 Å². The Balaban J connectivity index is 1.47. The van der Waals surface area contributed by atoms with E-state index in [1.165, 1.54) is 43.2 Å². The van der Waals surface area contributed by atoms with Crippen LogP contribution in [0.5, 0.6) is 0 Å². The normalized spacial score (nSPS) is 24.7. The zero-order valence-corrected chi connectivity index (χ0v) is 18.0. The molecule has 4 heteroatoms. The van der Waals surface area contributed by atoms with Crippen LogP contribution in [-0.2, 0) is 9.53 Å². The first-order valence-corrected chi connectivity index (χ1v) is 11.2. The molecule has 1 aromatic rings. The van der Waals surface area contributed by atoms with Gasteiger partial charge in [0.2, 0.25) is 5.91 Å². The fourth-order valence-electron chi connectivity index (χ4n) is 5.10. The molecule has 1 saturated carbocycles. The van der Waals surface area contributed by atoms with Crippen molar-refractivity contribution >= 4 is 5.91 Å². The van der Waals surface area contributed by atoms with Crippen molar-refractivity contribution in [3.8, 4) is 0 Å². The van der Waals surface area contributed by atoms with Gasteiger partial charge in [0.05, 0.1) is 0 Å². The Morgan fingerprint density at radius 1 is 1.14 bits per heavy atom. The van der Waals surface area contributed by atoms with Crippen molar-refractivity contribution < 1.29 is 9.53 Å². The van der Waals surface area contributed by atoms with Crippen LogP contribution in [0.25, 0.3) is 0 Å². The topological polar surface area (TPSA) is 50.4 Å². The van der Waals surface area contributed by atoms with E-state index < -0.39 is 5.54 Å². The maximum absolute atomic E-state index is 12.6. The number of benzene rings is 1. The zero-order valence-electron chi connectivity index (χ0n) is 18.0. The molecule has 0 unspecified atom stereocenters. The molecule has 28 heavy (non-hydrogen) atoms. The smallest absolute Gasteiger partial charge is 0.240 e. The van der Waals surface area contributed by atoms with Gasteiger partial charge in [0.25, 0.3) is 0 Å². The summed E-state index contributed by atoms with van der Waals surface area (Å²) in [5.74, 6) is 1.65. The molecule has 1 aliphatic heterocycles. The van der Waals surface area contributed by atoms with E-state index in [4.69, 9.17) is 4.74 Å². The first-order chi connectivity index (χ1) is 13.5. The molecule has 0 spiro atoms. The maximum Gasteiger partial charge on any atom is 0.240 e. The third kappa shape index (κ3) is 5.15. The first kappa shape index (κ1) is 21.3. The largest absolute Gasteiger partial charge is 0.381 e. The highest BCUT2D eigenvalue weighted by Gasteiger charge is 2.39. The summed E-state index contributed by atoms with van der Waals surface area (Å²) in [5, 5.41) is 6.65. The summed E-state index contributed by atoms with van der Waals surface area (Å²) >= 11 is 0. The molecule has 4 nitrogen and oxygen atoms in total. The Morgan fingerprint density at radius 2 is 1.86 bits per heavy atom. The molecule has 3 rings (SSSR count). The van der Waals surface area contributed by atoms with Gasteiger partial charge >= 0.3 is 0 Å². The van der Waals surface area contributed by atoms with Crippen LogP contribution >= 0.6 is 0 Å². The van der Waals surface area contributed by atoms with Crippen LogP contribution in [0.15, 0.2) is 18.2 Å². The maximum atomic E-state index is 12.6. The van der Waals surface area contributed by atoms with Crippen molar-refractivity contribution in [2.75, 3.05) is 26.3 Å². The molecule has 0 aromatic heterocycles. The Hall–Kier alpha value is -1.39. The third-order valence-corrected chi connectivity index (χ3v) is 6.85. The Labute approximate surface area is 170 Å². The van der Waals surface area contributed by atoms with E-state index in [0.29, 0.717) is 19.8 Å². The quantitative estimate of drug-likeness (QED) is 0.737. The van der Waals surface area contributed by atoms with Gasteiger partial charge in [-0.05, 0) is 95.2 Å². The number of carbonyl (C=O) groups excluding carboxylic acids is 1. The number of likely N-dealkylation sites (N-methyl/N-ethyl adjacent to an activating group) is 1. The van der Waals surface area contributed by atoms with Crippen molar-refractivity contribution in [2.24, 2.45) is 5.92 Å². The summed E-state index contributed by atoms with van der Waals surface area (Å²) in [6.07, 6.45) is 7.92. The molecule has 1 amide bonds. The zero-order chi connectivity index (χ0) is 20.0. The number of rotatable bonds is 7. The van der Waals surface area contributed by atoms with Gasteiger partial charge in [-0.25, -0.2) is 0 Å². The van der Waals surface area contributed by atoms with E-state index in [9.17, 15) is 4.79 Å². The number of amides is 1. The van der Waals surface area contributed by atoms with Gasteiger partial charge in [-0.1, -0.05) is 23.8 Å². The number of ether oxygens (including phenoxy) is 1. The average Bonchev–Trinajstić information content (AvgIpc) is 2.70. The fraction of sp³-hybridized carbons (Fsp3) is 0.708. The third-order valence-electron chi connectivity index (χ3n) is 6.85. The average molecular weight is 387 g/mol. The molecule has 1 saturated heterocycles. The van der Waals surface area contributed by atoms with Crippen LogP contribution in [-0.4, -0.2) is 37.7 Å². The van der Waals surface area contributed by atoms with E-state index in [0.717, 1.165) is 31.2 Å². The van der Waals surface area contributed by atoms with E-state index >= 15 is 0 Å². The van der Waals surface area contributed by atoms with Crippen LogP contribution in [0.1, 0.15) is 74.5 Å². The molecular weight excluding hydrogens is 348 g/mol. The molecule has 1 heterocycles. The van der Waals surface area contributed by atoms with Crippen LogP contribution in [0.2, 0.25) is 0 Å². The second kappa shape index (κ2) is 9.89. The van der Waals surface area contributed by atoms with E-state index in [1.54, 1.807) is 5.56 Å². The van der Waals surface area contributed by atoms with E-state index in [2.05, 4.69) is 42.7 Å². The predicted octanol–water partition coefficient (Wildman–Crippen LogP) is 4.24. The van der Waals surface area contributed by atoms with E-state index in [-0.39, 0.29) is 5.91 Å². The monoisotopic (exact) mass is 386 g/mol. The highest BCUT2D eigenvalue weighted by Crippen LogP contribution is 2.38. The molecular formula is C24H38N2O2. The number of nitrogens with one attached hydrogen (secondary N) is 2. The highest BCUT2D eigenvalue weighted by atomic mass is 16.5. The standard InChI is InChI=1S/C24H38N2O2/c1-4-25-23(27)24(12-15-28-16-13-24)26-14-11-20-6-8-21(9-7-20)22-10-5-18(2)17-19(22)3/h5,10,17,20-21,26H,4,6-9,11-16H2,1-3H3,(H,25,27)/t20-,21+. The van der Waals surface area contributed by atoms with Crippen LogP contribution in [0, 0.1) is 19.8 Å².